The minimum Gasteiger partial charge on any atom is -0.494 e. The summed E-state index contributed by atoms with van der Waals surface area (Å²) in [4.78, 5) is 28.4. The number of sulfonamides is 1. The van der Waals surface area contributed by atoms with E-state index in [9.17, 15) is 18.0 Å². The van der Waals surface area contributed by atoms with Crippen LogP contribution in [0.5, 0.6) is 5.75 Å². The van der Waals surface area contributed by atoms with Gasteiger partial charge in [-0.05, 0) is 94.3 Å². The number of anilines is 1. The predicted octanol–water partition coefficient (Wildman–Crippen LogP) is 5.18. The summed E-state index contributed by atoms with van der Waals surface area (Å²) in [7, 11) is -4.18. The van der Waals surface area contributed by atoms with E-state index in [2.05, 4.69) is 5.32 Å². The predicted molar refractivity (Wildman–Crippen MR) is 158 cm³/mol. The maximum Gasteiger partial charge on any atom is 0.264 e. The fourth-order valence-corrected chi connectivity index (χ4v) is 5.64. The Morgan fingerprint density at radius 2 is 1.57 bits per heavy atom. The van der Waals surface area contributed by atoms with E-state index < -0.39 is 28.5 Å². The number of carbonyl (C=O) groups is 2. The van der Waals surface area contributed by atoms with Crippen molar-refractivity contribution in [1.29, 1.82) is 0 Å². The quantitative estimate of drug-likeness (QED) is 0.316. The van der Waals surface area contributed by atoms with Gasteiger partial charge in [0.15, 0.2) is 0 Å². The number of rotatable bonds is 12. The number of ether oxygens (including phenoxy) is 1. The molecule has 0 radical (unpaired) electrons. The van der Waals surface area contributed by atoms with Crippen LogP contribution in [0.25, 0.3) is 0 Å². The topological polar surface area (TPSA) is 96.0 Å². The van der Waals surface area contributed by atoms with Gasteiger partial charge in [-0.2, -0.15) is 0 Å². The van der Waals surface area contributed by atoms with Gasteiger partial charge in [0.2, 0.25) is 11.8 Å². The van der Waals surface area contributed by atoms with Crippen molar-refractivity contribution in [3.8, 4) is 5.75 Å². The molecule has 0 aromatic heterocycles. The Morgan fingerprint density at radius 1 is 0.950 bits per heavy atom. The highest BCUT2D eigenvalue weighted by Gasteiger charge is 2.33. The van der Waals surface area contributed by atoms with Crippen molar-refractivity contribution in [3.63, 3.8) is 0 Å². The second-order valence-electron chi connectivity index (χ2n) is 9.68. The first-order valence-electron chi connectivity index (χ1n) is 13.1. The van der Waals surface area contributed by atoms with Gasteiger partial charge in [-0.15, -0.1) is 0 Å². The lowest BCUT2D eigenvalue weighted by Crippen LogP contribution is -2.52. The molecule has 0 aliphatic rings. The number of nitrogens with one attached hydrogen (secondary N) is 1. The van der Waals surface area contributed by atoms with E-state index in [0.717, 1.165) is 15.4 Å². The third-order valence-electron chi connectivity index (χ3n) is 6.32. The zero-order chi connectivity index (χ0) is 29.4. The molecular weight excluding hydrogens is 550 g/mol. The molecule has 1 N–H and O–H groups in total. The van der Waals surface area contributed by atoms with Crippen LogP contribution in [0.1, 0.15) is 38.8 Å². The van der Waals surface area contributed by atoms with Crippen molar-refractivity contribution in [2.75, 3.05) is 17.5 Å². The molecule has 3 aromatic carbocycles. The van der Waals surface area contributed by atoms with Crippen LogP contribution in [0.3, 0.4) is 0 Å². The molecule has 0 saturated carbocycles. The van der Waals surface area contributed by atoms with E-state index in [1.165, 1.54) is 29.2 Å². The molecule has 0 fully saturated rings. The van der Waals surface area contributed by atoms with Crippen molar-refractivity contribution < 1.29 is 22.7 Å². The Labute approximate surface area is 241 Å². The van der Waals surface area contributed by atoms with E-state index in [1.807, 2.05) is 52.0 Å². The molecule has 0 heterocycles. The maximum absolute atomic E-state index is 14.0. The third-order valence-corrected chi connectivity index (χ3v) is 8.36. The minimum absolute atomic E-state index is 0.0189. The highest BCUT2D eigenvalue weighted by atomic mass is 35.5. The summed E-state index contributed by atoms with van der Waals surface area (Å²) in [6.07, 6.45) is 0. The molecule has 0 aliphatic carbocycles. The van der Waals surface area contributed by atoms with Crippen molar-refractivity contribution in [3.05, 3.63) is 88.9 Å². The molecule has 1 atom stereocenters. The first-order chi connectivity index (χ1) is 18.9. The fraction of sp³-hybridized carbons (Fsp3) is 0.333. The van der Waals surface area contributed by atoms with Gasteiger partial charge < -0.3 is 15.0 Å². The van der Waals surface area contributed by atoms with Gasteiger partial charge in [-0.3, -0.25) is 13.9 Å². The summed E-state index contributed by atoms with van der Waals surface area (Å²) in [6, 6.07) is 18.8. The molecule has 3 aromatic rings. The second-order valence-corrected chi connectivity index (χ2v) is 12.0. The first kappa shape index (κ1) is 31.0. The number of benzene rings is 3. The molecule has 0 bridgehead atoms. The molecule has 0 unspecified atom stereocenters. The summed E-state index contributed by atoms with van der Waals surface area (Å²) in [5, 5.41) is 3.24. The van der Waals surface area contributed by atoms with E-state index >= 15 is 0 Å². The molecule has 0 spiro atoms. The molecule has 214 valence electrons. The van der Waals surface area contributed by atoms with E-state index in [4.69, 9.17) is 16.3 Å². The van der Waals surface area contributed by atoms with Gasteiger partial charge >= 0.3 is 0 Å². The van der Waals surface area contributed by atoms with E-state index in [-0.39, 0.29) is 29.1 Å². The van der Waals surface area contributed by atoms with Crippen molar-refractivity contribution >= 4 is 39.1 Å². The Bertz CT molecular complexity index is 1410. The van der Waals surface area contributed by atoms with Crippen LogP contribution in [0.4, 0.5) is 5.69 Å². The Kier molecular flexibility index (Phi) is 10.6. The van der Waals surface area contributed by atoms with Crippen LogP contribution in [-0.2, 0) is 26.2 Å². The lowest BCUT2D eigenvalue weighted by molar-refractivity contribution is -0.139. The number of amides is 2. The normalized spacial score (nSPS) is 12.1. The van der Waals surface area contributed by atoms with Crippen LogP contribution in [-0.4, -0.2) is 50.4 Å². The molecule has 2 amide bonds. The lowest BCUT2D eigenvalue weighted by Gasteiger charge is -2.32. The summed E-state index contributed by atoms with van der Waals surface area (Å²) >= 11 is 6.00. The number of hydrogen-bond donors (Lipinski definition) is 1. The largest absolute Gasteiger partial charge is 0.494 e. The molecule has 10 heteroatoms. The minimum atomic E-state index is -4.18. The molecular formula is C30H36ClN3O5S. The molecule has 8 nitrogen and oxygen atoms in total. The van der Waals surface area contributed by atoms with E-state index in [0.29, 0.717) is 17.4 Å². The summed E-state index contributed by atoms with van der Waals surface area (Å²) in [6.45, 7) is 9.16. The zero-order valence-electron chi connectivity index (χ0n) is 23.4. The standard InChI is InChI=1S/C30H36ClN3O5S/c1-6-39-27-15-13-26(14-16-27)34(40(37,38)28-17-11-25(31)12-18-28)20-29(35)33(23(5)30(36)32-21(2)3)19-24-10-8-7-9-22(24)4/h7-18,21,23H,6,19-20H2,1-5H3,(H,32,36)/t23-/m0/s1. The van der Waals surface area contributed by atoms with Crippen LogP contribution in [0.15, 0.2) is 77.7 Å². The SMILES string of the molecule is CCOc1ccc(N(CC(=O)N(Cc2ccccc2C)[C@@H](C)C(=O)NC(C)C)S(=O)(=O)c2ccc(Cl)cc2)cc1. The van der Waals surface area contributed by atoms with Crippen LogP contribution >= 0.6 is 11.6 Å². The van der Waals surface area contributed by atoms with Crippen molar-refractivity contribution in [1.82, 2.24) is 10.2 Å². The van der Waals surface area contributed by atoms with Gasteiger partial charge in [0.25, 0.3) is 10.0 Å². The first-order valence-corrected chi connectivity index (χ1v) is 14.9. The molecule has 3 rings (SSSR count). The van der Waals surface area contributed by atoms with Gasteiger partial charge in [0, 0.05) is 17.6 Å². The van der Waals surface area contributed by atoms with Gasteiger partial charge in [-0.1, -0.05) is 35.9 Å². The summed E-state index contributed by atoms with van der Waals surface area (Å²) in [5.74, 6) is -0.284. The average molecular weight is 586 g/mol. The van der Waals surface area contributed by atoms with Gasteiger partial charge in [-0.25, -0.2) is 8.42 Å². The molecule has 0 saturated heterocycles. The van der Waals surface area contributed by atoms with Crippen molar-refractivity contribution in [2.45, 2.75) is 58.1 Å². The summed E-state index contributed by atoms with van der Waals surface area (Å²) < 4.78 is 34.3. The average Bonchev–Trinajstić information content (AvgIpc) is 2.91. The summed E-state index contributed by atoms with van der Waals surface area (Å²) in [5.41, 5.74) is 2.09. The van der Waals surface area contributed by atoms with Crippen LogP contribution < -0.4 is 14.4 Å². The Balaban J connectivity index is 2.04. The second kappa shape index (κ2) is 13.7. The lowest BCUT2D eigenvalue weighted by atomic mass is 10.1. The Morgan fingerprint density at radius 3 is 2.15 bits per heavy atom. The monoisotopic (exact) mass is 585 g/mol. The van der Waals surface area contributed by atoms with E-state index in [1.54, 1.807) is 31.2 Å². The van der Waals surface area contributed by atoms with Crippen molar-refractivity contribution in [2.24, 2.45) is 0 Å². The fourth-order valence-electron chi connectivity index (χ4n) is 4.10. The van der Waals surface area contributed by atoms with Gasteiger partial charge in [0.1, 0.15) is 18.3 Å². The molecule has 40 heavy (non-hydrogen) atoms. The number of carbonyl (C=O) groups excluding carboxylic acids is 2. The highest BCUT2D eigenvalue weighted by Crippen LogP contribution is 2.27. The number of aryl methyl sites for hydroxylation is 1. The van der Waals surface area contributed by atoms with Crippen LogP contribution in [0.2, 0.25) is 5.02 Å². The van der Waals surface area contributed by atoms with Gasteiger partial charge in [0.05, 0.1) is 17.2 Å². The zero-order valence-corrected chi connectivity index (χ0v) is 25.0. The maximum atomic E-state index is 14.0. The highest BCUT2D eigenvalue weighted by molar-refractivity contribution is 7.92. The number of halogens is 1. The Hall–Kier alpha value is -3.56. The van der Waals surface area contributed by atoms with Crippen LogP contribution in [0, 0.1) is 6.92 Å². The number of hydrogen-bond acceptors (Lipinski definition) is 5. The smallest absolute Gasteiger partial charge is 0.264 e. The molecule has 0 aliphatic heterocycles. The number of nitrogens with zero attached hydrogens (tertiary/aromatic N) is 2. The third kappa shape index (κ3) is 7.76.